The van der Waals surface area contributed by atoms with E-state index in [1.54, 1.807) is 6.07 Å². The van der Waals surface area contributed by atoms with Crippen LogP contribution in [0.4, 0.5) is 8.78 Å². The third-order valence-corrected chi connectivity index (χ3v) is 2.83. The monoisotopic (exact) mass is 229 g/mol. The van der Waals surface area contributed by atoms with Gasteiger partial charge >= 0.3 is 0 Å². The Bertz CT molecular complexity index is 692. The van der Waals surface area contributed by atoms with Gasteiger partial charge in [0.05, 0.1) is 5.52 Å². The average Bonchev–Trinajstić information content (AvgIpc) is 2.38. The van der Waals surface area contributed by atoms with Crippen molar-refractivity contribution in [2.75, 3.05) is 0 Å². The molecule has 0 unspecified atom stereocenters. The molecule has 1 nitrogen and oxygen atoms in total. The minimum atomic E-state index is -2.53. The van der Waals surface area contributed by atoms with E-state index in [2.05, 4.69) is 4.98 Å². The molecule has 0 N–H and O–H groups in total. The van der Waals surface area contributed by atoms with Crippen LogP contribution in [-0.4, -0.2) is 4.98 Å². The van der Waals surface area contributed by atoms with Crippen molar-refractivity contribution < 1.29 is 8.78 Å². The van der Waals surface area contributed by atoms with Crippen LogP contribution >= 0.6 is 0 Å². The Morgan fingerprint density at radius 1 is 0.824 bits per heavy atom. The molecule has 3 rings (SSSR count). The molecule has 17 heavy (non-hydrogen) atoms. The van der Waals surface area contributed by atoms with Crippen molar-refractivity contribution in [2.24, 2.45) is 0 Å². The Morgan fingerprint density at radius 3 is 2.35 bits per heavy atom. The van der Waals surface area contributed by atoms with Crippen LogP contribution in [0.2, 0.25) is 0 Å². The average molecular weight is 229 g/mol. The summed E-state index contributed by atoms with van der Waals surface area (Å²) >= 11 is 0. The number of benzene rings is 2. The molecule has 0 aliphatic heterocycles. The lowest BCUT2D eigenvalue weighted by Gasteiger charge is -2.05. The lowest BCUT2D eigenvalue weighted by molar-refractivity contribution is 0.146. The van der Waals surface area contributed by atoms with E-state index in [0.29, 0.717) is 5.52 Å². The summed E-state index contributed by atoms with van der Waals surface area (Å²) in [5.74, 6) is 0. The highest BCUT2D eigenvalue weighted by molar-refractivity contribution is 6.05. The molecule has 84 valence electrons. The van der Waals surface area contributed by atoms with Gasteiger partial charge in [-0.15, -0.1) is 0 Å². The maximum Gasteiger partial charge on any atom is 0.280 e. The van der Waals surface area contributed by atoms with Gasteiger partial charge in [-0.05, 0) is 11.5 Å². The highest BCUT2D eigenvalue weighted by atomic mass is 19.3. The van der Waals surface area contributed by atoms with Gasteiger partial charge in [0, 0.05) is 10.8 Å². The van der Waals surface area contributed by atoms with Crippen LogP contribution < -0.4 is 0 Å². The molecule has 0 atom stereocenters. The normalized spacial score (nSPS) is 11.5. The fourth-order valence-electron chi connectivity index (χ4n) is 1.99. The van der Waals surface area contributed by atoms with E-state index in [1.807, 2.05) is 36.4 Å². The summed E-state index contributed by atoms with van der Waals surface area (Å²) in [6.07, 6.45) is -2.53. The molecule has 1 heterocycles. The quantitative estimate of drug-likeness (QED) is 0.566. The standard InChI is InChI=1S/C14H9F2N/c15-14(16)12-8-7-10-6-5-9-3-1-2-4-11(9)13(10)17-12/h1-8,14H. The number of fused-ring (bicyclic) bond motifs is 3. The Hall–Kier alpha value is -2.03. The van der Waals surface area contributed by atoms with E-state index >= 15 is 0 Å². The summed E-state index contributed by atoms with van der Waals surface area (Å²) < 4.78 is 25.3. The summed E-state index contributed by atoms with van der Waals surface area (Å²) in [6, 6.07) is 14.6. The smallest absolute Gasteiger partial charge is 0.246 e. The van der Waals surface area contributed by atoms with Crippen LogP contribution in [0.15, 0.2) is 48.5 Å². The maximum absolute atomic E-state index is 12.6. The van der Waals surface area contributed by atoms with Crippen LogP contribution in [0.3, 0.4) is 0 Å². The van der Waals surface area contributed by atoms with Gasteiger partial charge in [0.25, 0.3) is 6.43 Å². The Kier molecular flexibility index (Phi) is 2.25. The molecule has 0 radical (unpaired) electrons. The van der Waals surface area contributed by atoms with Crippen molar-refractivity contribution in [3.05, 3.63) is 54.2 Å². The van der Waals surface area contributed by atoms with Gasteiger partial charge < -0.3 is 0 Å². The van der Waals surface area contributed by atoms with E-state index in [0.717, 1.165) is 16.2 Å². The van der Waals surface area contributed by atoms with Crippen LogP contribution in [0.5, 0.6) is 0 Å². The fraction of sp³-hybridized carbons (Fsp3) is 0.0714. The Balaban J connectivity index is 2.42. The zero-order valence-electron chi connectivity index (χ0n) is 8.90. The molecule has 0 bridgehead atoms. The predicted molar refractivity (Wildman–Crippen MR) is 64.2 cm³/mol. The van der Waals surface area contributed by atoms with E-state index in [1.165, 1.54) is 6.07 Å². The first-order valence-electron chi connectivity index (χ1n) is 5.32. The van der Waals surface area contributed by atoms with E-state index < -0.39 is 6.43 Å². The lowest BCUT2D eigenvalue weighted by Crippen LogP contribution is -1.91. The van der Waals surface area contributed by atoms with Crippen LogP contribution in [0, 0.1) is 0 Å². The van der Waals surface area contributed by atoms with Crippen molar-refractivity contribution in [1.82, 2.24) is 4.98 Å². The van der Waals surface area contributed by atoms with Crippen LogP contribution in [-0.2, 0) is 0 Å². The van der Waals surface area contributed by atoms with Gasteiger partial charge in [-0.3, -0.25) is 0 Å². The van der Waals surface area contributed by atoms with Crippen molar-refractivity contribution >= 4 is 21.7 Å². The van der Waals surface area contributed by atoms with Crippen molar-refractivity contribution in [3.63, 3.8) is 0 Å². The third kappa shape index (κ3) is 1.64. The molecule has 3 aromatic rings. The molecular formula is C14H9F2N. The van der Waals surface area contributed by atoms with Gasteiger partial charge in [0.1, 0.15) is 5.69 Å². The van der Waals surface area contributed by atoms with Gasteiger partial charge in [-0.1, -0.05) is 42.5 Å². The molecule has 2 aromatic carbocycles. The summed E-state index contributed by atoms with van der Waals surface area (Å²) in [5, 5.41) is 2.81. The summed E-state index contributed by atoms with van der Waals surface area (Å²) in [4.78, 5) is 4.05. The van der Waals surface area contributed by atoms with Gasteiger partial charge in [-0.25, -0.2) is 13.8 Å². The molecule has 0 spiro atoms. The number of alkyl halides is 2. The minimum absolute atomic E-state index is 0.172. The zero-order valence-corrected chi connectivity index (χ0v) is 8.90. The van der Waals surface area contributed by atoms with Crippen molar-refractivity contribution in [1.29, 1.82) is 0 Å². The molecule has 0 fully saturated rings. The SMILES string of the molecule is FC(F)c1ccc2ccc3ccccc3c2n1. The molecule has 0 saturated carbocycles. The topological polar surface area (TPSA) is 12.9 Å². The van der Waals surface area contributed by atoms with Crippen LogP contribution in [0.25, 0.3) is 21.7 Å². The van der Waals surface area contributed by atoms with E-state index in [4.69, 9.17) is 0 Å². The second-order valence-corrected chi connectivity index (χ2v) is 3.90. The first kappa shape index (κ1) is 10.1. The minimum Gasteiger partial charge on any atom is -0.246 e. The maximum atomic E-state index is 12.6. The third-order valence-electron chi connectivity index (χ3n) is 2.83. The highest BCUT2D eigenvalue weighted by Gasteiger charge is 2.10. The molecule has 1 aromatic heterocycles. The van der Waals surface area contributed by atoms with Gasteiger partial charge in [0.2, 0.25) is 0 Å². The summed E-state index contributed by atoms with van der Waals surface area (Å²) in [7, 11) is 0. The first-order valence-corrected chi connectivity index (χ1v) is 5.32. The van der Waals surface area contributed by atoms with E-state index in [-0.39, 0.29) is 5.69 Å². The zero-order chi connectivity index (χ0) is 11.8. The molecular weight excluding hydrogens is 220 g/mol. The number of nitrogens with zero attached hydrogens (tertiary/aromatic N) is 1. The lowest BCUT2D eigenvalue weighted by atomic mass is 10.1. The fourth-order valence-corrected chi connectivity index (χ4v) is 1.99. The second-order valence-electron chi connectivity index (χ2n) is 3.90. The molecule has 0 aliphatic carbocycles. The number of hydrogen-bond donors (Lipinski definition) is 0. The van der Waals surface area contributed by atoms with E-state index in [9.17, 15) is 8.78 Å². The van der Waals surface area contributed by atoms with Gasteiger partial charge in [-0.2, -0.15) is 0 Å². The summed E-state index contributed by atoms with van der Waals surface area (Å²) in [5.41, 5.74) is 0.467. The molecule has 0 saturated heterocycles. The number of aromatic nitrogens is 1. The number of halogens is 2. The Labute approximate surface area is 96.7 Å². The number of rotatable bonds is 1. The molecule has 0 amide bonds. The first-order chi connectivity index (χ1) is 8.25. The van der Waals surface area contributed by atoms with Crippen LogP contribution in [0.1, 0.15) is 12.1 Å². The highest BCUT2D eigenvalue weighted by Crippen LogP contribution is 2.26. The van der Waals surface area contributed by atoms with Crippen molar-refractivity contribution in [2.45, 2.75) is 6.43 Å². The number of pyridine rings is 1. The summed E-state index contributed by atoms with van der Waals surface area (Å²) in [6.45, 7) is 0. The number of hydrogen-bond acceptors (Lipinski definition) is 1. The Morgan fingerprint density at radius 2 is 1.53 bits per heavy atom. The van der Waals surface area contributed by atoms with Crippen molar-refractivity contribution in [3.8, 4) is 0 Å². The largest absolute Gasteiger partial charge is 0.280 e. The predicted octanol–water partition coefficient (Wildman–Crippen LogP) is 4.33. The molecule has 3 heteroatoms. The molecule has 0 aliphatic rings. The second kappa shape index (κ2) is 3.77. The van der Waals surface area contributed by atoms with Gasteiger partial charge in [0.15, 0.2) is 0 Å².